The molecular formula is C13H21N3O2S. The quantitative estimate of drug-likeness (QED) is 0.887. The fraction of sp³-hybridized carbons (Fsp3) is 0.692. The first kappa shape index (κ1) is 14.3. The van der Waals surface area contributed by atoms with Crippen molar-refractivity contribution in [2.75, 3.05) is 19.7 Å². The van der Waals surface area contributed by atoms with Crippen LogP contribution in [0, 0.1) is 19.8 Å². The highest BCUT2D eigenvalue weighted by molar-refractivity contribution is 7.11. The first-order valence-electron chi connectivity index (χ1n) is 6.66. The highest BCUT2D eigenvalue weighted by Gasteiger charge is 2.22. The van der Waals surface area contributed by atoms with Crippen molar-refractivity contribution in [3.63, 3.8) is 0 Å². The SMILES string of the molecule is Cc1nc(CNC(=O)N2CCC(CO)CC2)sc1C. The zero-order chi connectivity index (χ0) is 13.8. The third kappa shape index (κ3) is 3.67. The molecule has 1 aliphatic heterocycles. The van der Waals surface area contributed by atoms with Crippen molar-refractivity contribution in [3.05, 3.63) is 15.6 Å². The van der Waals surface area contributed by atoms with Gasteiger partial charge in [-0.15, -0.1) is 11.3 Å². The number of nitrogens with zero attached hydrogens (tertiary/aromatic N) is 2. The van der Waals surface area contributed by atoms with Gasteiger partial charge >= 0.3 is 6.03 Å². The average molecular weight is 283 g/mol. The summed E-state index contributed by atoms with van der Waals surface area (Å²) in [6.45, 7) is 6.21. The third-order valence-corrected chi connectivity index (χ3v) is 4.70. The number of rotatable bonds is 3. The van der Waals surface area contributed by atoms with Crippen molar-refractivity contribution in [2.24, 2.45) is 5.92 Å². The summed E-state index contributed by atoms with van der Waals surface area (Å²) in [7, 11) is 0. The Morgan fingerprint density at radius 3 is 2.68 bits per heavy atom. The topological polar surface area (TPSA) is 65.5 Å². The summed E-state index contributed by atoms with van der Waals surface area (Å²) < 4.78 is 0. The number of carbonyl (C=O) groups excluding carboxylic acids is 1. The van der Waals surface area contributed by atoms with Gasteiger partial charge in [0.25, 0.3) is 0 Å². The summed E-state index contributed by atoms with van der Waals surface area (Å²) in [5.41, 5.74) is 1.04. The Labute approximate surface area is 117 Å². The number of thiazole rings is 1. The van der Waals surface area contributed by atoms with Crippen molar-refractivity contribution < 1.29 is 9.90 Å². The van der Waals surface area contributed by atoms with Crippen LogP contribution in [0.1, 0.15) is 28.4 Å². The molecule has 106 valence electrons. The first-order chi connectivity index (χ1) is 9.10. The number of piperidine rings is 1. The Kier molecular flexibility index (Phi) is 4.76. The van der Waals surface area contributed by atoms with Gasteiger partial charge in [-0.25, -0.2) is 9.78 Å². The second-order valence-corrected chi connectivity index (χ2v) is 6.31. The van der Waals surface area contributed by atoms with Crippen LogP contribution >= 0.6 is 11.3 Å². The number of likely N-dealkylation sites (tertiary alicyclic amines) is 1. The summed E-state index contributed by atoms with van der Waals surface area (Å²) in [5, 5.41) is 12.9. The molecule has 1 aliphatic rings. The van der Waals surface area contributed by atoms with Crippen molar-refractivity contribution in [1.82, 2.24) is 15.2 Å². The number of hydrogen-bond donors (Lipinski definition) is 2. The molecule has 0 spiro atoms. The minimum atomic E-state index is -0.0260. The molecule has 0 saturated carbocycles. The zero-order valence-electron chi connectivity index (χ0n) is 11.5. The van der Waals surface area contributed by atoms with E-state index in [1.165, 1.54) is 4.88 Å². The van der Waals surface area contributed by atoms with Crippen LogP contribution in [0.4, 0.5) is 4.79 Å². The van der Waals surface area contributed by atoms with E-state index in [9.17, 15) is 4.79 Å². The predicted octanol–water partition coefficient (Wildman–Crippen LogP) is 1.67. The molecule has 1 aromatic heterocycles. The Morgan fingerprint density at radius 2 is 2.16 bits per heavy atom. The van der Waals surface area contributed by atoms with Gasteiger partial charge in [-0.1, -0.05) is 0 Å². The molecule has 1 saturated heterocycles. The minimum Gasteiger partial charge on any atom is -0.396 e. The Balaban J connectivity index is 1.78. The lowest BCUT2D eigenvalue weighted by molar-refractivity contribution is 0.137. The first-order valence-corrected chi connectivity index (χ1v) is 7.48. The van der Waals surface area contributed by atoms with Crippen LogP contribution in [0.15, 0.2) is 0 Å². The van der Waals surface area contributed by atoms with Crippen LogP contribution in [0.3, 0.4) is 0 Å². The number of aliphatic hydroxyl groups excluding tert-OH is 1. The Hall–Kier alpha value is -1.14. The number of aryl methyl sites for hydroxylation is 2. The fourth-order valence-corrected chi connectivity index (χ4v) is 3.07. The monoisotopic (exact) mass is 283 g/mol. The number of hydrogen-bond acceptors (Lipinski definition) is 4. The third-order valence-electron chi connectivity index (χ3n) is 3.62. The number of aromatic nitrogens is 1. The van der Waals surface area contributed by atoms with E-state index in [1.807, 2.05) is 18.7 Å². The lowest BCUT2D eigenvalue weighted by Gasteiger charge is -2.31. The van der Waals surface area contributed by atoms with Gasteiger partial charge < -0.3 is 15.3 Å². The van der Waals surface area contributed by atoms with Crippen molar-refractivity contribution in [2.45, 2.75) is 33.2 Å². The van der Waals surface area contributed by atoms with E-state index in [2.05, 4.69) is 10.3 Å². The van der Waals surface area contributed by atoms with Crippen LogP contribution in [-0.2, 0) is 6.54 Å². The smallest absolute Gasteiger partial charge is 0.317 e. The van der Waals surface area contributed by atoms with E-state index in [1.54, 1.807) is 11.3 Å². The van der Waals surface area contributed by atoms with E-state index >= 15 is 0 Å². The molecular weight excluding hydrogens is 262 g/mol. The zero-order valence-corrected chi connectivity index (χ0v) is 12.3. The molecule has 2 amide bonds. The van der Waals surface area contributed by atoms with Crippen LogP contribution in [0.25, 0.3) is 0 Å². The summed E-state index contributed by atoms with van der Waals surface area (Å²) in [6, 6.07) is -0.0260. The Morgan fingerprint density at radius 1 is 1.47 bits per heavy atom. The van der Waals surface area contributed by atoms with E-state index < -0.39 is 0 Å². The molecule has 6 heteroatoms. The molecule has 1 fully saturated rings. The molecule has 19 heavy (non-hydrogen) atoms. The average Bonchev–Trinajstić information content (AvgIpc) is 2.75. The molecule has 1 aromatic rings. The molecule has 5 nitrogen and oxygen atoms in total. The number of carbonyl (C=O) groups is 1. The molecule has 0 aromatic carbocycles. The van der Waals surface area contributed by atoms with Gasteiger partial charge in [0, 0.05) is 24.6 Å². The maximum absolute atomic E-state index is 12.0. The van der Waals surface area contributed by atoms with Gasteiger partial charge in [-0.05, 0) is 32.6 Å². The minimum absolute atomic E-state index is 0.0260. The normalized spacial score (nSPS) is 16.7. The fourth-order valence-electron chi connectivity index (χ4n) is 2.20. The maximum Gasteiger partial charge on any atom is 0.317 e. The van der Waals surface area contributed by atoms with Crippen LogP contribution in [-0.4, -0.2) is 40.7 Å². The maximum atomic E-state index is 12.0. The number of amides is 2. The van der Waals surface area contributed by atoms with Crippen molar-refractivity contribution in [1.29, 1.82) is 0 Å². The standard InChI is InChI=1S/C13H21N3O2S/c1-9-10(2)19-12(15-9)7-14-13(18)16-5-3-11(8-17)4-6-16/h11,17H,3-8H2,1-2H3,(H,14,18). The lowest BCUT2D eigenvalue weighted by Crippen LogP contribution is -2.44. The van der Waals surface area contributed by atoms with Crippen LogP contribution in [0.5, 0.6) is 0 Å². The number of urea groups is 1. The summed E-state index contributed by atoms with van der Waals surface area (Å²) in [4.78, 5) is 19.4. The highest BCUT2D eigenvalue weighted by Crippen LogP contribution is 2.18. The highest BCUT2D eigenvalue weighted by atomic mass is 32.1. The molecule has 0 unspecified atom stereocenters. The number of aliphatic hydroxyl groups is 1. The molecule has 0 aliphatic carbocycles. The molecule has 2 rings (SSSR count). The van der Waals surface area contributed by atoms with E-state index in [0.717, 1.165) is 36.6 Å². The van der Waals surface area contributed by atoms with Crippen LogP contribution < -0.4 is 5.32 Å². The van der Waals surface area contributed by atoms with E-state index in [4.69, 9.17) is 5.11 Å². The largest absolute Gasteiger partial charge is 0.396 e. The molecule has 2 N–H and O–H groups in total. The molecule has 0 radical (unpaired) electrons. The molecule has 0 bridgehead atoms. The summed E-state index contributed by atoms with van der Waals surface area (Å²) in [5.74, 6) is 0.355. The van der Waals surface area contributed by atoms with Gasteiger partial charge in [0.1, 0.15) is 5.01 Å². The van der Waals surface area contributed by atoms with E-state index in [0.29, 0.717) is 12.5 Å². The van der Waals surface area contributed by atoms with Crippen molar-refractivity contribution in [3.8, 4) is 0 Å². The van der Waals surface area contributed by atoms with Gasteiger partial charge in [-0.3, -0.25) is 0 Å². The van der Waals surface area contributed by atoms with Gasteiger partial charge in [0.05, 0.1) is 12.2 Å². The molecule has 2 heterocycles. The van der Waals surface area contributed by atoms with Gasteiger partial charge in [0.2, 0.25) is 0 Å². The number of nitrogens with one attached hydrogen (secondary N) is 1. The predicted molar refractivity (Wildman–Crippen MR) is 75.2 cm³/mol. The van der Waals surface area contributed by atoms with E-state index in [-0.39, 0.29) is 12.6 Å². The summed E-state index contributed by atoms with van der Waals surface area (Å²) >= 11 is 1.63. The molecule has 0 atom stereocenters. The van der Waals surface area contributed by atoms with Crippen molar-refractivity contribution >= 4 is 17.4 Å². The van der Waals surface area contributed by atoms with Gasteiger partial charge in [-0.2, -0.15) is 0 Å². The lowest BCUT2D eigenvalue weighted by atomic mass is 9.98. The van der Waals surface area contributed by atoms with Gasteiger partial charge in [0.15, 0.2) is 0 Å². The summed E-state index contributed by atoms with van der Waals surface area (Å²) in [6.07, 6.45) is 1.78. The second-order valence-electron chi connectivity index (χ2n) is 5.02. The van der Waals surface area contributed by atoms with Crippen LogP contribution in [0.2, 0.25) is 0 Å². The second kappa shape index (κ2) is 6.34. The Bertz CT molecular complexity index is 420.